The van der Waals surface area contributed by atoms with Crippen LogP contribution in [0, 0.1) is 12.8 Å². The van der Waals surface area contributed by atoms with Crippen molar-refractivity contribution in [3.8, 4) is 0 Å². The summed E-state index contributed by atoms with van der Waals surface area (Å²) in [5, 5.41) is 9.45. The number of carbonyl (C=O) groups is 2. The molecule has 1 aromatic heterocycles. The van der Waals surface area contributed by atoms with Crippen LogP contribution in [0.3, 0.4) is 0 Å². The smallest absolute Gasteiger partial charge is 0.233 e. The van der Waals surface area contributed by atoms with Crippen molar-refractivity contribution in [2.75, 3.05) is 31.9 Å². The van der Waals surface area contributed by atoms with Crippen molar-refractivity contribution in [1.29, 1.82) is 0 Å². The molecule has 0 radical (unpaired) electrons. The second kappa shape index (κ2) is 8.20. The highest BCUT2D eigenvalue weighted by Crippen LogP contribution is 2.33. The second-order valence-electron chi connectivity index (χ2n) is 7.96. The first-order valence-electron chi connectivity index (χ1n) is 10.2. The number of carbonyl (C=O) groups excluding carboxylic acids is 2. The van der Waals surface area contributed by atoms with E-state index in [9.17, 15) is 9.59 Å². The number of nitrogens with zero attached hydrogens (tertiary/aromatic N) is 5. The molecule has 0 spiro atoms. The highest BCUT2D eigenvalue weighted by atomic mass is 32.2. The summed E-state index contributed by atoms with van der Waals surface area (Å²) >= 11 is 1.50. The molecule has 0 aromatic carbocycles. The minimum atomic E-state index is 0.134. The van der Waals surface area contributed by atoms with Crippen LogP contribution in [0.2, 0.25) is 0 Å². The van der Waals surface area contributed by atoms with Crippen molar-refractivity contribution in [3.63, 3.8) is 0 Å². The Bertz CT molecular complexity index is 688. The molecule has 3 fully saturated rings. The third-order valence-corrected chi connectivity index (χ3v) is 6.90. The molecule has 0 bridgehead atoms. The van der Waals surface area contributed by atoms with Gasteiger partial charge in [-0.15, -0.1) is 10.2 Å². The van der Waals surface area contributed by atoms with Gasteiger partial charge >= 0.3 is 0 Å². The molecule has 1 aromatic rings. The summed E-state index contributed by atoms with van der Waals surface area (Å²) in [7, 11) is 0. The summed E-state index contributed by atoms with van der Waals surface area (Å²) in [4.78, 5) is 28.6. The number of piperazine rings is 1. The predicted octanol–water partition coefficient (Wildman–Crippen LogP) is 2.26. The fourth-order valence-electron chi connectivity index (χ4n) is 4.19. The van der Waals surface area contributed by atoms with Crippen LogP contribution < -0.4 is 0 Å². The molecule has 3 aliphatic rings. The van der Waals surface area contributed by atoms with E-state index >= 15 is 0 Å². The zero-order valence-electron chi connectivity index (χ0n) is 16.1. The van der Waals surface area contributed by atoms with E-state index in [-0.39, 0.29) is 17.7 Å². The van der Waals surface area contributed by atoms with Crippen molar-refractivity contribution in [2.45, 2.75) is 63.1 Å². The van der Waals surface area contributed by atoms with Gasteiger partial charge in [0.05, 0.1) is 5.75 Å². The largest absolute Gasteiger partial charge is 0.339 e. The normalized spacial score (nSPS) is 21.5. The predicted molar refractivity (Wildman–Crippen MR) is 103 cm³/mol. The molecule has 2 aliphatic carbocycles. The Morgan fingerprint density at radius 2 is 1.63 bits per heavy atom. The molecule has 0 unspecified atom stereocenters. The van der Waals surface area contributed by atoms with E-state index in [2.05, 4.69) is 14.8 Å². The number of thioether (sulfide) groups is 1. The lowest BCUT2D eigenvalue weighted by Gasteiger charge is -2.35. The van der Waals surface area contributed by atoms with Crippen molar-refractivity contribution in [3.05, 3.63) is 5.82 Å². The van der Waals surface area contributed by atoms with Gasteiger partial charge in [0.15, 0.2) is 5.16 Å². The van der Waals surface area contributed by atoms with Gasteiger partial charge < -0.3 is 14.4 Å². The van der Waals surface area contributed by atoms with Crippen LogP contribution in [0.4, 0.5) is 0 Å². The third-order valence-electron chi connectivity index (χ3n) is 5.97. The molecular weight excluding hydrogens is 362 g/mol. The van der Waals surface area contributed by atoms with Crippen molar-refractivity contribution in [2.24, 2.45) is 5.92 Å². The SMILES string of the molecule is Cc1nnc(SCC(=O)N2CCN(C(=O)C3CC3)CC2)n1C1CCCCC1. The molecule has 1 saturated heterocycles. The lowest BCUT2D eigenvalue weighted by atomic mass is 9.95. The summed E-state index contributed by atoms with van der Waals surface area (Å²) in [5.41, 5.74) is 0. The number of amides is 2. The molecule has 8 heteroatoms. The fraction of sp³-hybridized carbons (Fsp3) is 0.789. The second-order valence-corrected chi connectivity index (χ2v) is 8.90. The topological polar surface area (TPSA) is 71.3 Å². The number of hydrogen-bond donors (Lipinski definition) is 0. The van der Waals surface area contributed by atoms with E-state index in [1.54, 1.807) is 0 Å². The van der Waals surface area contributed by atoms with Gasteiger partial charge in [-0.1, -0.05) is 31.0 Å². The van der Waals surface area contributed by atoms with Crippen LogP contribution in [-0.4, -0.2) is 68.3 Å². The van der Waals surface area contributed by atoms with Gasteiger partial charge in [0.2, 0.25) is 11.8 Å². The minimum absolute atomic E-state index is 0.134. The zero-order chi connectivity index (χ0) is 18.8. The summed E-state index contributed by atoms with van der Waals surface area (Å²) in [5.74, 6) is 2.02. The quantitative estimate of drug-likeness (QED) is 0.720. The van der Waals surface area contributed by atoms with Crippen molar-refractivity contribution >= 4 is 23.6 Å². The summed E-state index contributed by atoms with van der Waals surface area (Å²) < 4.78 is 2.24. The Morgan fingerprint density at radius 1 is 0.963 bits per heavy atom. The van der Waals surface area contributed by atoms with Crippen LogP contribution >= 0.6 is 11.8 Å². The van der Waals surface area contributed by atoms with Gasteiger partial charge in [0.25, 0.3) is 0 Å². The van der Waals surface area contributed by atoms with Gasteiger partial charge in [0.1, 0.15) is 5.82 Å². The molecule has 1 aliphatic heterocycles. The average molecular weight is 392 g/mol. The number of rotatable bonds is 5. The van der Waals surface area contributed by atoms with Gasteiger partial charge in [-0.3, -0.25) is 9.59 Å². The lowest BCUT2D eigenvalue weighted by molar-refractivity contribution is -0.139. The Hall–Kier alpha value is -1.57. The molecule has 0 atom stereocenters. The molecule has 2 saturated carbocycles. The molecule has 2 amide bonds. The Kier molecular flexibility index (Phi) is 5.71. The Labute approximate surface area is 164 Å². The van der Waals surface area contributed by atoms with E-state index in [1.807, 2.05) is 16.7 Å². The van der Waals surface area contributed by atoms with Crippen molar-refractivity contribution in [1.82, 2.24) is 24.6 Å². The molecule has 2 heterocycles. The third kappa shape index (κ3) is 4.31. The molecular formula is C19H29N5O2S. The maximum absolute atomic E-state index is 12.6. The fourth-order valence-corrected chi connectivity index (χ4v) is 5.14. The van der Waals surface area contributed by atoms with E-state index in [0.29, 0.717) is 38.0 Å². The highest BCUT2D eigenvalue weighted by Gasteiger charge is 2.35. The van der Waals surface area contributed by atoms with Crippen molar-refractivity contribution < 1.29 is 9.59 Å². The maximum atomic E-state index is 12.6. The van der Waals surface area contributed by atoms with Crippen LogP contribution in [0.1, 0.15) is 56.8 Å². The molecule has 0 N–H and O–H groups in total. The maximum Gasteiger partial charge on any atom is 0.233 e. The zero-order valence-corrected chi connectivity index (χ0v) is 16.9. The van der Waals surface area contributed by atoms with Gasteiger partial charge in [-0.05, 0) is 32.6 Å². The highest BCUT2D eigenvalue weighted by molar-refractivity contribution is 7.99. The van der Waals surface area contributed by atoms with Crippen LogP contribution in [-0.2, 0) is 9.59 Å². The first kappa shape index (κ1) is 18.8. The monoisotopic (exact) mass is 391 g/mol. The Morgan fingerprint density at radius 3 is 2.30 bits per heavy atom. The van der Waals surface area contributed by atoms with Crippen LogP contribution in [0.15, 0.2) is 5.16 Å². The Balaban J connectivity index is 1.29. The van der Waals surface area contributed by atoms with Gasteiger partial charge in [0, 0.05) is 38.1 Å². The van der Waals surface area contributed by atoms with Crippen LogP contribution in [0.25, 0.3) is 0 Å². The molecule has 7 nitrogen and oxygen atoms in total. The molecule has 4 rings (SSSR count). The summed E-state index contributed by atoms with van der Waals surface area (Å²) in [6.07, 6.45) is 8.26. The van der Waals surface area contributed by atoms with E-state index < -0.39 is 0 Å². The van der Waals surface area contributed by atoms with E-state index in [4.69, 9.17) is 0 Å². The number of aryl methyl sites for hydroxylation is 1. The molecule has 148 valence electrons. The number of hydrogen-bond acceptors (Lipinski definition) is 5. The van der Waals surface area contributed by atoms with E-state index in [0.717, 1.165) is 23.8 Å². The summed E-state index contributed by atoms with van der Waals surface area (Å²) in [6, 6.07) is 0.475. The standard InChI is InChI=1S/C19H29N5O2S/c1-14-20-21-19(24(14)16-5-3-2-4-6-16)27-13-17(25)22-9-11-23(12-10-22)18(26)15-7-8-15/h15-16H,2-13H2,1H3. The number of aromatic nitrogens is 3. The minimum Gasteiger partial charge on any atom is -0.339 e. The summed E-state index contributed by atoms with van der Waals surface area (Å²) in [6.45, 7) is 4.63. The van der Waals surface area contributed by atoms with Gasteiger partial charge in [-0.2, -0.15) is 0 Å². The lowest BCUT2D eigenvalue weighted by Crippen LogP contribution is -2.51. The molecule has 27 heavy (non-hydrogen) atoms. The van der Waals surface area contributed by atoms with Gasteiger partial charge in [-0.25, -0.2) is 0 Å². The first-order valence-corrected chi connectivity index (χ1v) is 11.2. The van der Waals surface area contributed by atoms with Crippen LogP contribution in [0.5, 0.6) is 0 Å². The van der Waals surface area contributed by atoms with E-state index in [1.165, 1.54) is 43.9 Å². The average Bonchev–Trinajstić information content (AvgIpc) is 3.49. The first-order chi connectivity index (χ1) is 13.1.